The number of primary amides is 1. The molecule has 0 bridgehead atoms. The Morgan fingerprint density at radius 2 is 1.74 bits per heavy atom. The minimum Gasteiger partial charge on any atom is -0.457 e. The highest BCUT2D eigenvalue weighted by Crippen LogP contribution is 2.35. The lowest BCUT2D eigenvalue weighted by Gasteiger charge is -2.21. The van der Waals surface area contributed by atoms with E-state index in [0.29, 0.717) is 48.0 Å². The number of aromatic nitrogens is 2. The van der Waals surface area contributed by atoms with Gasteiger partial charge >= 0.3 is 6.18 Å². The normalized spacial score (nSPS) is 11.6. The minimum absolute atomic E-state index is 0.0320. The maximum absolute atomic E-state index is 13.3. The molecule has 10 heteroatoms. The van der Waals surface area contributed by atoms with Gasteiger partial charge in [0.15, 0.2) is 5.82 Å². The number of aliphatic hydroxyl groups excluding tert-OH is 1. The van der Waals surface area contributed by atoms with Crippen LogP contribution in [0.5, 0.6) is 11.5 Å². The van der Waals surface area contributed by atoms with E-state index >= 15 is 0 Å². The third kappa shape index (κ3) is 6.77. The summed E-state index contributed by atoms with van der Waals surface area (Å²) in [5, 5.41) is 9.20. The van der Waals surface area contributed by atoms with Gasteiger partial charge in [0.1, 0.15) is 17.2 Å². The fraction of sp³-hybridized carbons (Fsp3) is 0.320. The highest BCUT2D eigenvalue weighted by Gasteiger charge is 2.31. The lowest BCUT2D eigenvalue weighted by Crippen LogP contribution is -2.22. The van der Waals surface area contributed by atoms with Crippen LogP contribution in [-0.4, -0.2) is 45.6 Å². The summed E-state index contributed by atoms with van der Waals surface area (Å²) in [6.45, 7) is 5.42. The van der Waals surface area contributed by atoms with Crippen molar-refractivity contribution in [2.75, 3.05) is 19.7 Å². The fourth-order valence-corrected chi connectivity index (χ4v) is 3.46. The van der Waals surface area contributed by atoms with Crippen LogP contribution >= 0.6 is 0 Å². The molecule has 0 aliphatic rings. The van der Waals surface area contributed by atoms with E-state index in [2.05, 4.69) is 9.97 Å². The first-order valence-corrected chi connectivity index (χ1v) is 11.1. The molecule has 186 valence electrons. The number of nitrogens with two attached hydrogens (primary N) is 1. The molecule has 1 heterocycles. The van der Waals surface area contributed by atoms with Crippen molar-refractivity contribution in [1.29, 1.82) is 0 Å². The van der Waals surface area contributed by atoms with Gasteiger partial charge in [-0.25, -0.2) is 9.97 Å². The van der Waals surface area contributed by atoms with Crippen LogP contribution in [0.25, 0.3) is 11.4 Å². The topological polar surface area (TPSA) is 102 Å². The van der Waals surface area contributed by atoms with E-state index in [1.54, 1.807) is 24.3 Å². The summed E-state index contributed by atoms with van der Waals surface area (Å²) in [6.07, 6.45) is -4.22. The van der Waals surface area contributed by atoms with Gasteiger partial charge in [-0.05, 0) is 61.6 Å². The van der Waals surface area contributed by atoms with E-state index in [-0.39, 0.29) is 24.5 Å². The van der Waals surface area contributed by atoms with Gasteiger partial charge in [-0.1, -0.05) is 13.8 Å². The molecule has 0 radical (unpaired) electrons. The number of alkyl halides is 3. The predicted molar refractivity (Wildman–Crippen MR) is 125 cm³/mol. The van der Waals surface area contributed by atoms with Crippen molar-refractivity contribution in [2.45, 2.75) is 33.0 Å². The fourth-order valence-electron chi connectivity index (χ4n) is 3.46. The predicted octanol–water partition coefficient (Wildman–Crippen LogP) is 4.43. The first-order chi connectivity index (χ1) is 16.6. The maximum Gasteiger partial charge on any atom is 0.416 e. The van der Waals surface area contributed by atoms with E-state index in [9.17, 15) is 23.1 Å². The molecule has 0 aliphatic carbocycles. The highest BCUT2D eigenvalue weighted by atomic mass is 19.4. The van der Waals surface area contributed by atoms with Gasteiger partial charge in [0.05, 0.1) is 5.56 Å². The number of amides is 1. The Labute approximate surface area is 201 Å². The third-order valence-corrected chi connectivity index (χ3v) is 5.42. The SMILES string of the molecule is CCN(CC)Cc1cc(C(F)(F)F)ccc1Oc1ccc(-c2nc(CCO)cc(C(N)=O)n2)cc1. The molecule has 0 unspecified atom stereocenters. The number of carbonyl (C=O) groups excluding carboxylic acids is 1. The molecule has 1 aromatic heterocycles. The van der Waals surface area contributed by atoms with Crippen LogP contribution in [0.1, 0.15) is 41.2 Å². The molecule has 35 heavy (non-hydrogen) atoms. The van der Waals surface area contributed by atoms with Crippen molar-refractivity contribution >= 4 is 5.91 Å². The van der Waals surface area contributed by atoms with Crippen LogP contribution < -0.4 is 10.5 Å². The van der Waals surface area contributed by atoms with Crippen LogP contribution in [0.4, 0.5) is 13.2 Å². The first-order valence-electron chi connectivity index (χ1n) is 11.1. The van der Waals surface area contributed by atoms with Gasteiger partial charge < -0.3 is 15.6 Å². The molecule has 0 atom stereocenters. The van der Waals surface area contributed by atoms with Crippen LogP contribution in [0.15, 0.2) is 48.5 Å². The largest absolute Gasteiger partial charge is 0.457 e. The second kappa shape index (κ2) is 11.3. The Morgan fingerprint density at radius 3 is 2.31 bits per heavy atom. The molecule has 7 nitrogen and oxygen atoms in total. The number of rotatable bonds is 10. The summed E-state index contributed by atoms with van der Waals surface area (Å²) in [5.41, 5.74) is 6.14. The molecule has 0 aliphatic heterocycles. The van der Waals surface area contributed by atoms with E-state index in [1.807, 2.05) is 18.7 Å². The zero-order chi connectivity index (χ0) is 25.6. The van der Waals surface area contributed by atoms with Gasteiger partial charge in [0.2, 0.25) is 0 Å². The Hall–Kier alpha value is -3.50. The van der Waals surface area contributed by atoms with Gasteiger partial charge in [-0.2, -0.15) is 13.2 Å². The number of nitrogens with zero attached hydrogens (tertiary/aromatic N) is 3. The molecule has 3 N–H and O–H groups in total. The van der Waals surface area contributed by atoms with E-state index in [0.717, 1.165) is 12.1 Å². The highest BCUT2D eigenvalue weighted by molar-refractivity contribution is 5.91. The Morgan fingerprint density at radius 1 is 1.06 bits per heavy atom. The second-order valence-corrected chi connectivity index (χ2v) is 7.81. The molecule has 1 amide bonds. The molecular formula is C25H27F3N4O3. The summed E-state index contributed by atoms with van der Waals surface area (Å²) in [6, 6.07) is 11.5. The Bertz CT molecular complexity index is 1160. The third-order valence-electron chi connectivity index (χ3n) is 5.42. The zero-order valence-electron chi connectivity index (χ0n) is 19.5. The standard InChI is InChI=1S/C25H27F3N4O3/c1-3-32(4-2)15-17-13-18(25(26,27)28)7-10-22(17)35-20-8-5-16(6-9-20)24-30-19(11-12-33)14-21(31-24)23(29)34/h5-10,13-14,33H,3-4,11-12,15H2,1-2H3,(H2,29,34). The van der Waals surface area contributed by atoms with Crippen molar-refractivity contribution < 1.29 is 27.8 Å². The minimum atomic E-state index is -4.45. The summed E-state index contributed by atoms with van der Waals surface area (Å²) < 4.78 is 45.8. The molecule has 2 aromatic carbocycles. The molecular weight excluding hydrogens is 461 g/mol. The number of benzene rings is 2. The number of ether oxygens (including phenoxy) is 1. The van der Waals surface area contributed by atoms with Gasteiger partial charge in [0.25, 0.3) is 5.91 Å². The van der Waals surface area contributed by atoms with Crippen LogP contribution in [-0.2, 0) is 19.1 Å². The van der Waals surface area contributed by atoms with Crippen molar-refractivity contribution in [2.24, 2.45) is 5.73 Å². The average Bonchev–Trinajstić information content (AvgIpc) is 2.83. The van der Waals surface area contributed by atoms with Crippen molar-refractivity contribution in [3.05, 3.63) is 71.0 Å². The molecule has 3 rings (SSSR count). The van der Waals surface area contributed by atoms with Crippen LogP contribution in [0.2, 0.25) is 0 Å². The molecule has 0 saturated heterocycles. The van der Waals surface area contributed by atoms with Crippen LogP contribution in [0.3, 0.4) is 0 Å². The first kappa shape index (κ1) is 26.1. The summed E-state index contributed by atoms with van der Waals surface area (Å²) in [7, 11) is 0. The Kier molecular flexibility index (Phi) is 8.42. The molecule has 0 spiro atoms. The number of halogens is 3. The number of hydrogen-bond acceptors (Lipinski definition) is 6. The smallest absolute Gasteiger partial charge is 0.416 e. The summed E-state index contributed by atoms with van der Waals surface area (Å²) >= 11 is 0. The van der Waals surface area contributed by atoms with Gasteiger partial charge in [-0.15, -0.1) is 0 Å². The van der Waals surface area contributed by atoms with Crippen molar-refractivity contribution in [3.63, 3.8) is 0 Å². The van der Waals surface area contributed by atoms with Crippen molar-refractivity contribution in [1.82, 2.24) is 14.9 Å². The molecule has 3 aromatic rings. The monoisotopic (exact) mass is 488 g/mol. The molecule has 0 saturated carbocycles. The average molecular weight is 489 g/mol. The number of aliphatic hydroxyl groups is 1. The van der Waals surface area contributed by atoms with Crippen molar-refractivity contribution in [3.8, 4) is 22.9 Å². The second-order valence-electron chi connectivity index (χ2n) is 7.81. The maximum atomic E-state index is 13.3. The summed E-state index contributed by atoms with van der Waals surface area (Å²) in [5.74, 6) is 0.287. The molecule has 0 fully saturated rings. The Balaban J connectivity index is 1.90. The lowest BCUT2D eigenvalue weighted by molar-refractivity contribution is -0.137. The van der Waals surface area contributed by atoms with E-state index < -0.39 is 17.6 Å². The van der Waals surface area contributed by atoms with Gasteiger partial charge in [-0.3, -0.25) is 9.69 Å². The van der Waals surface area contributed by atoms with E-state index in [1.165, 1.54) is 12.1 Å². The number of carbonyl (C=O) groups is 1. The lowest BCUT2D eigenvalue weighted by atomic mass is 10.1. The van der Waals surface area contributed by atoms with Crippen LogP contribution in [0, 0.1) is 0 Å². The number of hydrogen-bond donors (Lipinski definition) is 2. The van der Waals surface area contributed by atoms with Gasteiger partial charge in [0, 0.05) is 36.4 Å². The zero-order valence-corrected chi connectivity index (χ0v) is 19.5. The van der Waals surface area contributed by atoms with E-state index in [4.69, 9.17) is 10.5 Å². The summed E-state index contributed by atoms with van der Waals surface area (Å²) in [4.78, 5) is 22.1. The quantitative estimate of drug-likeness (QED) is 0.438.